The van der Waals surface area contributed by atoms with Crippen molar-refractivity contribution in [1.29, 1.82) is 0 Å². The minimum Gasteiger partial charge on any atom is -0.480 e. The molecule has 0 fully saturated rings. The van der Waals surface area contributed by atoms with E-state index in [0.29, 0.717) is 0 Å². The molecule has 8 heteroatoms. The molecule has 0 spiro atoms. The van der Waals surface area contributed by atoms with Crippen molar-refractivity contribution < 1.29 is 29.0 Å². The molecule has 2 atom stereocenters. The Bertz CT molecular complexity index is 1020. The van der Waals surface area contributed by atoms with E-state index in [2.05, 4.69) is 5.32 Å². The highest BCUT2D eigenvalue weighted by molar-refractivity contribution is 5.89. The van der Waals surface area contributed by atoms with Crippen LogP contribution in [0.5, 0.6) is 0 Å². The number of hydrogen-bond donors (Lipinski definition) is 2. The molecular weight excluding hydrogens is 436 g/mol. The molecule has 2 amide bonds. The quantitative estimate of drug-likeness (QED) is 0.613. The van der Waals surface area contributed by atoms with E-state index in [4.69, 9.17) is 9.47 Å². The fourth-order valence-electron chi connectivity index (χ4n) is 3.89. The summed E-state index contributed by atoms with van der Waals surface area (Å²) < 4.78 is 11.3. The highest BCUT2D eigenvalue weighted by atomic mass is 16.5. The number of nitrogens with zero attached hydrogens (tertiary/aromatic N) is 1. The van der Waals surface area contributed by atoms with Crippen LogP contribution in [0.1, 0.15) is 44.7 Å². The lowest BCUT2D eigenvalue weighted by molar-refractivity contribution is -0.150. The van der Waals surface area contributed by atoms with Crippen LogP contribution >= 0.6 is 0 Å². The van der Waals surface area contributed by atoms with Crippen LogP contribution in [0.15, 0.2) is 48.5 Å². The first-order chi connectivity index (χ1) is 16.0. The molecular formula is C26H32N2O6. The Morgan fingerprint density at radius 3 is 2.06 bits per heavy atom. The summed E-state index contributed by atoms with van der Waals surface area (Å²) in [6.45, 7) is 6.85. The largest absolute Gasteiger partial charge is 0.480 e. The van der Waals surface area contributed by atoms with E-state index in [1.54, 1.807) is 0 Å². The maximum absolute atomic E-state index is 12.9. The van der Waals surface area contributed by atoms with Gasteiger partial charge in [0.2, 0.25) is 5.91 Å². The third-order valence-corrected chi connectivity index (χ3v) is 5.90. The number of likely N-dealkylation sites (N-methyl/N-ethyl adjacent to an activating group) is 1. The molecule has 8 nitrogen and oxygen atoms in total. The van der Waals surface area contributed by atoms with Gasteiger partial charge in [0.1, 0.15) is 18.7 Å². The maximum Gasteiger partial charge on any atom is 0.407 e. The van der Waals surface area contributed by atoms with E-state index < -0.39 is 35.7 Å². The van der Waals surface area contributed by atoms with Gasteiger partial charge in [0.25, 0.3) is 0 Å². The standard InChI is InChI=1S/C26H32N2O6/c1-16(24(30)31)28(5)23(29)22(15-34-26(2,3)4)27-25(32)33-14-21-19-12-8-6-10-17(19)18-11-7-9-13-20(18)21/h6-13,16,21-22H,14-15H2,1-5H3,(H,27,32)(H,30,31)/t16?,22-/m0/s1. The van der Waals surface area contributed by atoms with Gasteiger partial charge in [-0.15, -0.1) is 0 Å². The number of carbonyl (C=O) groups excluding carboxylic acids is 2. The lowest BCUT2D eigenvalue weighted by atomic mass is 9.98. The van der Waals surface area contributed by atoms with Gasteiger partial charge in [-0.25, -0.2) is 9.59 Å². The minimum atomic E-state index is -1.15. The SMILES string of the molecule is CC(C(=O)O)N(C)C(=O)[C@H](COC(C)(C)C)NC(=O)OCC1c2ccccc2-c2ccccc21. The molecule has 2 N–H and O–H groups in total. The Morgan fingerprint density at radius 2 is 1.56 bits per heavy atom. The number of aliphatic carboxylic acids is 1. The van der Waals surface area contributed by atoms with Crippen LogP contribution in [0.4, 0.5) is 4.79 Å². The van der Waals surface area contributed by atoms with E-state index in [1.165, 1.54) is 14.0 Å². The third kappa shape index (κ3) is 5.75. The van der Waals surface area contributed by atoms with Gasteiger partial charge in [-0.1, -0.05) is 48.5 Å². The van der Waals surface area contributed by atoms with Crippen LogP contribution in [-0.4, -0.2) is 65.9 Å². The number of fused-ring (bicyclic) bond motifs is 3. The number of nitrogens with one attached hydrogen (secondary N) is 1. The average molecular weight is 469 g/mol. The van der Waals surface area contributed by atoms with Crippen LogP contribution in [0, 0.1) is 0 Å². The first-order valence-electron chi connectivity index (χ1n) is 11.2. The molecule has 0 bridgehead atoms. The van der Waals surface area contributed by atoms with Crippen molar-refractivity contribution in [3.05, 3.63) is 59.7 Å². The molecule has 34 heavy (non-hydrogen) atoms. The molecule has 1 unspecified atom stereocenters. The number of benzene rings is 2. The zero-order valence-corrected chi connectivity index (χ0v) is 20.2. The van der Waals surface area contributed by atoms with Crippen molar-refractivity contribution in [1.82, 2.24) is 10.2 Å². The Labute approximate surface area is 199 Å². The molecule has 0 radical (unpaired) electrons. The van der Waals surface area contributed by atoms with Crippen LogP contribution in [-0.2, 0) is 19.1 Å². The van der Waals surface area contributed by atoms with E-state index in [-0.39, 0.29) is 19.1 Å². The monoisotopic (exact) mass is 468 g/mol. The summed E-state index contributed by atoms with van der Waals surface area (Å²) in [6.07, 6.45) is -0.769. The van der Waals surface area contributed by atoms with Gasteiger partial charge < -0.3 is 24.8 Å². The van der Waals surface area contributed by atoms with Crippen molar-refractivity contribution in [3.63, 3.8) is 0 Å². The predicted molar refractivity (Wildman–Crippen MR) is 128 cm³/mol. The fourth-order valence-corrected chi connectivity index (χ4v) is 3.89. The zero-order chi connectivity index (χ0) is 25.0. The number of carboxylic acid groups (broad SMARTS) is 1. The highest BCUT2D eigenvalue weighted by Crippen LogP contribution is 2.44. The molecule has 0 aromatic heterocycles. The van der Waals surface area contributed by atoms with Crippen molar-refractivity contribution >= 4 is 18.0 Å². The zero-order valence-electron chi connectivity index (χ0n) is 20.2. The minimum absolute atomic E-state index is 0.0995. The summed E-state index contributed by atoms with van der Waals surface area (Å²) in [5.41, 5.74) is 3.83. The Kier molecular flexibility index (Phi) is 7.61. The molecule has 182 valence electrons. The molecule has 0 saturated heterocycles. The van der Waals surface area contributed by atoms with E-state index in [1.807, 2.05) is 69.3 Å². The first kappa shape index (κ1) is 25.2. The summed E-state index contributed by atoms with van der Waals surface area (Å²) in [4.78, 5) is 38.0. The highest BCUT2D eigenvalue weighted by Gasteiger charge is 2.33. The van der Waals surface area contributed by atoms with E-state index in [9.17, 15) is 19.5 Å². The van der Waals surface area contributed by atoms with Gasteiger partial charge in [0, 0.05) is 13.0 Å². The topological polar surface area (TPSA) is 105 Å². The predicted octanol–water partition coefficient (Wildman–Crippen LogP) is 3.64. The third-order valence-electron chi connectivity index (χ3n) is 5.90. The average Bonchev–Trinajstić information content (AvgIpc) is 3.12. The number of ether oxygens (including phenoxy) is 2. The van der Waals surface area contributed by atoms with Crippen LogP contribution in [0.3, 0.4) is 0 Å². The van der Waals surface area contributed by atoms with Crippen molar-refractivity contribution in [2.45, 2.75) is 51.3 Å². The van der Waals surface area contributed by atoms with Gasteiger partial charge in [0.05, 0.1) is 12.2 Å². The molecule has 0 aliphatic heterocycles. The van der Waals surface area contributed by atoms with E-state index in [0.717, 1.165) is 27.2 Å². The molecule has 2 aromatic rings. The molecule has 1 aliphatic carbocycles. The number of alkyl carbamates (subject to hydrolysis) is 1. The lowest BCUT2D eigenvalue weighted by Crippen LogP contribution is -2.54. The normalized spacial score (nSPS) is 14.5. The summed E-state index contributed by atoms with van der Waals surface area (Å²) in [5.74, 6) is -1.84. The summed E-state index contributed by atoms with van der Waals surface area (Å²) in [6, 6.07) is 13.8. The molecule has 1 aliphatic rings. The van der Waals surface area contributed by atoms with Gasteiger partial charge in [-0.05, 0) is 49.9 Å². The van der Waals surface area contributed by atoms with Crippen molar-refractivity contribution in [2.24, 2.45) is 0 Å². The second-order valence-corrected chi connectivity index (χ2v) is 9.41. The molecule has 0 heterocycles. The van der Waals surface area contributed by atoms with Gasteiger partial charge in [-0.2, -0.15) is 0 Å². The van der Waals surface area contributed by atoms with Crippen LogP contribution in [0.25, 0.3) is 11.1 Å². The van der Waals surface area contributed by atoms with E-state index >= 15 is 0 Å². The fraction of sp³-hybridized carbons (Fsp3) is 0.423. The number of amides is 2. The summed E-state index contributed by atoms with van der Waals surface area (Å²) in [7, 11) is 1.38. The number of rotatable bonds is 8. The number of carboxylic acids is 1. The summed E-state index contributed by atoms with van der Waals surface area (Å²) in [5, 5.41) is 11.8. The van der Waals surface area contributed by atoms with Crippen molar-refractivity contribution in [3.8, 4) is 11.1 Å². The Balaban J connectivity index is 1.71. The summed E-state index contributed by atoms with van der Waals surface area (Å²) >= 11 is 0. The second kappa shape index (κ2) is 10.3. The number of carbonyl (C=O) groups is 3. The number of hydrogen-bond acceptors (Lipinski definition) is 5. The Morgan fingerprint density at radius 1 is 1.03 bits per heavy atom. The van der Waals surface area contributed by atoms with Gasteiger partial charge in [0.15, 0.2) is 0 Å². The van der Waals surface area contributed by atoms with Crippen LogP contribution < -0.4 is 5.32 Å². The molecule has 0 saturated carbocycles. The first-order valence-corrected chi connectivity index (χ1v) is 11.2. The van der Waals surface area contributed by atoms with Crippen molar-refractivity contribution in [2.75, 3.05) is 20.3 Å². The van der Waals surface area contributed by atoms with Gasteiger partial charge in [-0.3, -0.25) is 4.79 Å². The smallest absolute Gasteiger partial charge is 0.407 e. The lowest BCUT2D eigenvalue weighted by Gasteiger charge is -2.29. The molecule has 3 rings (SSSR count). The molecule has 2 aromatic carbocycles. The van der Waals surface area contributed by atoms with Gasteiger partial charge >= 0.3 is 12.1 Å². The Hall–Kier alpha value is -3.39. The second-order valence-electron chi connectivity index (χ2n) is 9.41. The maximum atomic E-state index is 12.9. The van der Waals surface area contributed by atoms with Crippen LogP contribution in [0.2, 0.25) is 0 Å².